The maximum atomic E-state index is 13.9. The first-order valence-corrected chi connectivity index (χ1v) is 9.17. The molecule has 1 fully saturated rings. The molecule has 0 N–H and O–H groups in total. The molecule has 0 aliphatic carbocycles. The summed E-state index contributed by atoms with van der Waals surface area (Å²) in [4.78, 5) is 4.90. The zero-order chi connectivity index (χ0) is 18.8. The molecule has 3 aromatic rings. The molecule has 0 unspecified atom stereocenters. The Hall–Kier alpha value is -2.73. The lowest BCUT2D eigenvalue weighted by molar-refractivity contribution is 0.385. The third-order valence-electron chi connectivity index (χ3n) is 4.71. The van der Waals surface area contributed by atoms with Crippen molar-refractivity contribution in [2.75, 3.05) is 31.1 Å². The predicted octanol–water partition coefficient (Wildman–Crippen LogP) is 4.72. The number of halogens is 2. The van der Waals surface area contributed by atoms with Crippen LogP contribution in [0.5, 0.6) is 0 Å². The average Bonchev–Trinajstić information content (AvgIpc) is 3.18. The van der Waals surface area contributed by atoms with Gasteiger partial charge in [0.1, 0.15) is 22.4 Å². The van der Waals surface area contributed by atoms with E-state index in [1.807, 2.05) is 0 Å². The minimum atomic E-state index is -0.322. The van der Waals surface area contributed by atoms with Crippen LogP contribution in [0.1, 0.15) is 5.76 Å². The zero-order valence-electron chi connectivity index (χ0n) is 14.6. The Kier molecular flexibility index (Phi) is 4.90. The second-order valence-corrected chi connectivity index (χ2v) is 6.79. The van der Waals surface area contributed by atoms with E-state index >= 15 is 0 Å². The van der Waals surface area contributed by atoms with Gasteiger partial charge in [0.05, 0.1) is 5.56 Å². The lowest BCUT2D eigenvalue weighted by Crippen LogP contribution is -2.48. The second kappa shape index (κ2) is 7.48. The van der Waals surface area contributed by atoms with Crippen molar-refractivity contribution in [2.45, 2.75) is 0 Å². The summed E-state index contributed by atoms with van der Waals surface area (Å²) in [7, 11) is 0. The molecular formula is C21H18F2N2OS. The number of hydrogen-bond acceptors (Lipinski definition) is 3. The van der Waals surface area contributed by atoms with Gasteiger partial charge in [-0.25, -0.2) is 8.78 Å². The van der Waals surface area contributed by atoms with Crippen molar-refractivity contribution >= 4 is 22.9 Å². The summed E-state index contributed by atoms with van der Waals surface area (Å²) >= 11 is 5.58. The van der Waals surface area contributed by atoms with E-state index in [9.17, 15) is 8.78 Å². The highest BCUT2D eigenvalue weighted by atomic mass is 32.1. The summed E-state index contributed by atoms with van der Waals surface area (Å²) in [6, 6.07) is 16.6. The van der Waals surface area contributed by atoms with Gasteiger partial charge in [-0.05, 0) is 48.5 Å². The fourth-order valence-corrected chi connectivity index (χ4v) is 3.53. The summed E-state index contributed by atoms with van der Waals surface area (Å²) in [6.45, 7) is 3.05. The van der Waals surface area contributed by atoms with Crippen LogP contribution in [0.15, 0.2) is 65.1 Å². The van der Waals surface area contributed by atoms with Crippen LogP contribution in [0.4, 0.5) is 14.5 Å². The molecule has 0 spiro atoms. The number of nitrogens with zero attached hydrogens (tertiary/aromatic N) is 2. The number of thiocarbonyl (C=S) groups is 1. The van der Waals surface area contributed by atoms with Gasteiger partial charge in [0, 0.05) is 31.9 Å². The van der Waals surface area contributed by atoms with Gasteiger partial charge in [0.2, 0.25) is 0 Å². The number of benzene rings is 2. The minimum Gasteiger partial charge on any atom is -0.454 e. The molecule has 4 rings (SSSR count). The van der Waals surface area contributed by atoms with E-state index in [1.54, 1.807) is 42.5 Å². The van der Waals surface area contributed by atoms with Gasteiger partial charge in [-0.2, -0.15) is 0 Å². The number of piperazine rings is 1. The van der Waals surface area contributed by atoms with Crippen LogP contribution < -0.4 is 4.90 Å². The van der Waals surface area contributed by atoms with Crippen LogP contribution in [-0.2, 0) is 0 Å². The maximum absolute atomic E-state index is 13.9. The summed E-state index contributed by atoms with van der Waals surface area (Å²) in [5.74, 6) is 0.480. The van der Waals surface area contributed by atoms with Crippen molar-refractivity contribution in [3.63, 3.8) is 0 Å². The lowest BCUT2D eigenvalue weighted by atomic mass is 10.1. The molecular weight excluding hydrogens is 366 g/mol. The summed E-state index contributed by atoms with van der Waals surface area (Å²) in [5, 5.41) is 0. The third kappa shape index (κ3) is 3.71. The minimum absolute atomic E-state index is 0.234. The van der Waals surface area contributed by atoms with Crippen molar-refractivity contribution in [2.24, 2.45) is 0 Å². The molecule has 0 atom stereocenters. The Morgan fingerprint density at radius 2 is 1.56 bits per heavy atom. The highest BCUT2D eigenvalue weighted by molar-refractivity contribution is 7.80. The van der Waals surface area contributed by atoms with Crippen molar-refractivity contribution < 1.29 is 13.2 Å². The molecule has 1 aromatic heterocycles. The highest BCUT2D eigenvalue weighted by Gasteiger charge is 2.22. The SMILES string of the molecule is Fc1ccc(N2CCN(C(=S)c3ccc(-c4ccccc4F)o3)CC2)cc1. The molecule has 2 aromatic carbocycles. The molecule has 2 heterocycles. The second-order valence-electron chi connectivity index (χ2n) is 6.40. The van der Waals surface area contributed by atoms with E-state index in [0.717, 1.165) is 31.9 Å². The Bertz CT molecular complexity index is 947. The van der Waals surface area contributed by atoms with E-state index in [1.165, 1.54) is 18.2 Å². The maximum Gasteiger partial charge on any atom is 0.162 e. The first-order valence-electron chi connectivity index (χ1n) is 8.76. The van der Waals surface area contributed by atoms with E-state index in [4.69, 9.17) is 16.6 Å². The zero-order valence-corrected chi connectivity index (χ0v) is 15.4. The Labute approximate surface area is 161 Å². The Balaban J connectivity index is 1.43. The van der Waals surface area contributed by atoms with Crippen molar-refractivity contribution in [3.05, 3.63) is 78.1 Å². The topological polar surface area (TPSA) is 19.6 Å². The summed E-state index contributed by atoms with van der Waals surface area (Å²) in [5.41, 5.74) is 1.43. The first-order chi connectivity index (χ1) is 13.1. The fraction of sp³-hybridized carbons (Fsp3) is 0.190. The largest absolute Gasteiger partial charge is 0.454 e. The normalized spacial score (nSPS) is 14.4. The Morgan fingerprint density at radius 3 is 2.26 bits per heavy atom. The van der Waals surface area contributed by atoms with E-state index in [0.29, 0.717) is 22.1 Å². The molecule has 1 aliphatic rings. The van der Waals surface area contributed by atoms with Gasteiger partial charge in [-0.3, -0.25) is 0 Å². The third-order valence-corrected chi connectivity index (χ3v) is 5.17. The lowest BCUT2D eigenvalue weighted by Gasteiger charge is -2.37. The van der Waals surface area contributed by atoms with Crippen molar-refractivity contribution in [1.29, 1.82) is 0 Å². The summed E-state index contributed by atoms with van der Waals surface area (Å²) < 4.78 is 32.8. The van der Waals surface area contributed by atoms with Gasteiger partial charge < -0.3 is 14.2 Å². The number of furan rings is 1. The smallest absolute Gasteiger partial charge is 0.162 e. The van der Waals surface area contributed by atoms with Gasteiger partial charge >= 0.3 is 0 Å². The van der Waals surface area contributed by atoms with Gasteiger partial charge in [-0.15, -0.1) is 0 Å². The van der Waals surface area contributed by atoms with Crippen molar-refractivity contribution in [3.8, 4) is 11.3 Å². The van der Waals surface area contributed by atoms with E-state index in [2.05, 4.69) is 9.80 Å². The first kappa shape index (κ1) is 17.7. The van der Waals surface area contributed by atoms with Crippen LogP contribution in [-0.4, -0.2) is 36.1 Å². The highest BCUT2D eigenvalue weighted by Crippen LogP contribution is 2.26. The number of rotatable bonds is 3. The molecule has 0 radical (unpaired) electrons. The molecule has 3 nitrogen and oxygen atoms in total. The monoisotopic (exact) mass is 384 g/mol. The molecule has 0 saturated carbocycles. The van der Waals surface area contributed by atoms with Gasteiger partial charge in [0.25, 0.3) is 0 Å². The average molecular weight is 384 g/mol. The van der Waals surface area contributed by atoms with Crippen molar-refractivity contribution in [1.82, 2.24) is 4.90 Å². The van der Waals surface area contributed by atoms with Gasteiger partial charge in [0.15, 0.2) is 5.76 Å². The quantitative estimate of drug-likeness (QED) is 0.608. The fourth-order valence-electron chi connectivity index (χ4n) is 3.23. The molecule has 0 bridgehead atoms. The van der Waals surface area contributed by atoms with Crippen LogP contribution >= 0.6 is 12.2 Å². The molecule has 1 saturated heterocycles. The summed E-state index contributed by atoms with van der Waals surface area (Å²) in [6.07, 6.45) is 0. The molecule has 27 heavy (non-hydrogen) atoms. The van der Waals surface area contributed by atoms with Crippen LogP contribution in [0, 0.1) is 11.6 Å². The van der Waals surface area contributed by atoms with Crippen LogP contribution in [0.2, 0.25) is 0 Å². The molecule has 138 valence electrons. The Morgan fingerprint density at radius 1 is 0.852 bits per heavy atom. The van der Waals surface area contributed by atoms with Crippen LogP contribution in [0.25, 0.3) is 11.3 Å². The predicted molar refractivity (Wildman–Crippen MR) is 106 cm³/mol. The molecule has 1 aliphatic heterocycles. The van der Waals surface area contributed by atoms with Crippen LogP contribution in [0.3, 0.4) is 0 Å². The van der Waals surface area contributed by atoms with E-state index in [-0.39, 0.29) is 11.6 Å². The standard InChI is InChI=1S/C21H18F2N2OS/c22-15-5-7-16(8-6-15)24-11-13-25(14-12-24)21(27)20-10-9-19(26-20)17-3-1-2-4-18(17)23/h1-10H,11-14H2. The number of hydrogen-bond donors (Lipinski definition) is 0. The molecule has 0 amide bonds. The number of anilines is 1. The van der Waals surface area contributed by atoms with E-state index < -0.39 is 0 Å². The molecule has 6 heteroatoms. The van der Waals surface area contributed by atoms with Gasteiger partial charge in [-0.1, -0.05) is 24.4 Å².